The quantitative estimate of drug-likeness (QED) is 0.262. The minimum absolute atomic E-state index is 0.0624. The Bertz CT molecular complexity index is 1110. The van der Waals surface area contributed by atoms with Crippen LogP contribution in [0.5, 0.6) is 11.5 Å². The van der Waals surface area contributed by atoms with Crippen molar-refractivity contribution in [2.45, 2.75) is 57.6 Å². The number of hydrogen-bond donors (Lipinski definition) is 1. The minimum Gasteiger partial charge on any atom is -0.496 e. The van der Waals surface area contributed by atoms with Crippen LogP contribution >= 0.6 is 0 Å². The van der Waals surface area contributed by atoms with E-state index in [0.717, 1.165) is 18.4 Å². The molecule has 1 N–H and O–H groups in total. The molecule has 0 bridgehead atoms. The van der Waals surface area contributed by atoms with Crippen LogP contribution in [0.15, 0.2) is 11.6 Å². The summed E-state index contributed by atoms with van der Waals surface area (Å²) >= 11 is 0. The van der Waals surface area contributed by atoms with Crippen LogP contribution < -0.4 is 8.92 Å². The average Bonchev–Trinajstić information content (AvgIpc) is 3.10. The van der Waals surface area contributed by atoms with Gasteiger partial charge in [-0.3, -0.25) is 4.79 Å². The normalized spacial score (nSPS) is 19.8. The molecule has 1 aliphatic heterocycles. The first-order valence-electron chi connectivity index (χ1n) is 10.2. The van der Waals surface area contributed by atoms with E-state index in [0.29, 0.717) is 18.4 Å². The van der Waals surface area contributed by atoms with Gasteiger partial charge < -0.3 is 18.8 Å². The number of ether oxygens (including phenoxy) is 2. The predicted molar refractivity (Wildman–Crippen MR) is 108 cm³/mol. The Kier molecular flexibility index (Phi) is 6.96. The number of esters is 1. The number of aliphatic carboxylic acids is 1. The molecule has 12 heteroatoms. The molecule has 1 atom stereocenters. The third-order valence-electron chi connectivity index (χ3n) is 5.88. The second kappa shape index (κ2) is 9.24. The van der Waals surface area contributed by atoms with Gasteiger partial charge in [-0.05, 0) is 44.1 Å². The lowest BCUT2D eigenvalue weighted by Gasteiger charge is -2.25. The molecular formula is C21H23F3O8S. The van der Waals surface area contributed by atoms with E-state index in [1.54, 1.807) is 13.0 Å². The van der Waals surface area contributed by atoms with E-state index in [1.165, 1.54) is 7.11 Å². The maximum atomic E-state index is 13.1. The smallest absolute Gasteiger partial charge is 0.496 e. The van der Waals surface area contributed by atoms with Gasteiger partial charge in [-0.1, -0.05) is 18.1 Å². The summed E-state index contributed by atoms with van der Waals surface area (Å²) in [5.74, 6) is -2.93. The number of fused-ring (bicyclic) bond motifs is 1. The summed E-state index contributed by atoms with van der Waals surface area (Å²) in [5, 5.41) is 9.18. The van der Waals surface area contributed by atoms with E-state index in [1.807, 2.05) is 0 Å². The van der Waals surface area contributed by atoms with Crippen molar-refractivity contribution >= 4 is 22.1 Å². The van der Waals surface area contributed by atoms with E-state index in [-0.39, 0.29) is 47.8 Å². The fourth-order valence-electron chi connectivity index (χ4n) is 4.31. The Labute approximate surface area is 188 Å². The molecule has 1 heterocycles. The number of hydrogen-bond acceptors (Lipinski definition) is 7. The fraction of sp³-hybridized carbons (Fsp3) is 0.524. The van der Waals surface area contributed by atoms with E-state index in [4.69, 9.17) is 9.47 Å². The van der Waals surface area contributed by atoms with Crippen LogP contribution in [0.1, 0.15) is 59.2 Å². The molecule has 1 saturated carbocycles. The summed E-state index contributed by atoms with van der Waals surface area (Å²) in [6.45, 7) is 1.31. The number of carbonyl (C=O) groups is 2. The van der Waals surface area contributed by atoms with Crippen molar-refractivity contribution in [1.29, 1.82) is 0 Å². The molecule has 0 saturated heterocycles. The van der Waals surface area contributed by atoms with Crippen LogP contribution in [0, 0.1) is 12.8 Å². The molecule has 1 aromatic rings. The van der Waals surface area contributed by atoms with E-state index < -0.39 is 33.3 Å². The Morgan fingerprint density at radius 3 is 2.58 bits per heavy atom. The summed E-state index contributed by atoms with van der Waals surface area (Å²) in [6, 6.07) is 0. The second-order valence-corrected chi connectivity index (χ2v) is 9.44. The van der Waals surface area contributed by atoms with Gasteiger partial charge in [0.25, 0.3) is 0 Å². The number of halogens is 3. The minimum atomic E-state index is -6.09. The largest absolute Gasteiger partial charge is 0.534 e. The van der Waals surface area contributed by atoms with Crippen LogP contribution in [0.25, 0.3) is 0 Å². The molecule has 2 aliphatic rings. The van der Waals surface area contributed by atoms with Gasteiger partial charge in [0.1, 0.15) is 17.9 Å². The van der Waals surface area contributed by atoms with Gasteiger partial charge in [0.15, 0.2) is 5.75 Å². The molecule has 0 spiro atoms. The van der Waals surface area contributed by atoms with Crippen LogP contribution in [0.2, 0.25) is 0 Å². The van der Waals surface area contributed by atoms with Crippen molar-refractivity contribution in [3.63, 3.8) is 0 Å². The molecule has 1 aromatic carbocycles. The molecule has 182 valence electrons. The maximum Gasteiger partial charge on any atom is 0.534 e. The van der Waals surface area contributed by atoms with Gasteiger partial charge in [-0.2, -0.15) is 21.6 Å². The van der Waals surface area contributed by atoms with Crippen LogP contribution in [-0.4, -0.2) is 38.1 Å². The van der Waals surface area contributed by atoms with Crippen molar-refractivity contribution in [2.24, 2.45) is 5.92 Å². The van der Waals surface area contributed by atoms with Gasteiger partial charge >= 0.3 is 27.6 Å². The Hall–Kier alpha value is -2.76. The lowest BCUT2D eigenvalue weighted by Crippen LogP contribution is -2.29. The number of benzene rings is 1. The van der Waals surface area contributed by atoms with Gasteiger partial charge in [-0.15, -0.1) is 0 Å². The first-order chi connectivity index (χ1) is 15.4. The van der Waals surface area contributed by atoms with Crippen molar-refractivity contribution in [2.75, 3.05) is 7.11 Å². The first-order valence-corrected chi connectivity index (χ1v) is 11.6. The molecule has 3 rings (SSSR count). The predicted octanol–water partition coefficient (Wildman–Crippen LogP) is 4.04. The molecule has 8 nitrogen and oxygen atoms in total. The molecule has 0 radical (unpaired) electrons. The first kappa shape index (κ1) is 24.9. The molecule has 33 heavy (non-hydrogen) atoms. The summed E-state index contributed by atoms with van der Waals surface area (Å²) in [7, 11) is -4.82. The summed E-state index contributed by atoms with van der Waals surface area (Å²) < 4.78 is 77.7. The summed E-state index contributed by atoms with van der Waals surface area (Å²) in [6.07, 6.45) is 4.35. The number of carboxylic acid groups (broad SMARTS) is 1. The number of methoxy groups -OCH3 is 1. The summed E-state index contributed by atoms with van der Waals surface area (Å²) in [5.41, 5.74) is -4.77. The zero-order valence-corrected chi connectivity index (χ0v) is 18.8. The van der Waals surface area contributed by atoms with Gasteiger partial charge in [0.2, 0.25) is 0 Å². The van der Waals surface area contributed by atoms with Gasteiger partial charge in [0.05, 0.1) is 13.5 Å². The third kappa shape index (κ3) is 4.94. The van der Waals surface area contributed by atoms with Crippen molar-refractivity contribution in [1.82, 2.24) is 0 Å². The van der Waals surface area contributed by atoms with Crippen LogP contribution in [-0.2, 0) is 32.7 Å². The van der Waals surface area contributed by atoms with Crippen molar-refractivity contribution < 1.29 is 49.9 Å². The second-order valence-electron chi connectivity index (χ2n) is 7.90. The lowest BCUT2D eigenvalue weighted by atomic mass is 9.81. The average molecular weight is 492 g/mol. The number of alkyl halides is 3. The van der Waals surface area contributed by atoms with E-state index in [9.17, 15) is 36.3 Å². The van der Waals surface area contributed by atoms with Crippen molar-refractivity contribution in [3.8, 4) is 11.5 Å². The maximum absolute atomic E-state index is 13.1. The zero-order chi connectivity index (χ0) is 24.6. The Morgan fingerprint density at radius 2 is 1.97 bits per heavy atom. The van der Waals surface area contributed by atoms with Gasteiger partial charge in [-0.25, -0.2) is 4.79 Å². The number of carbonyl (C=O) groups excluding carboxylic acids is 1. The molecule has 0 amide bonds. The molecule has 1 aliphatic carbocycles. The molecular weight excluding hydrogens is 469 g/mol. The summed E-state index contributed by atoms with van der Waals surface area (Å²) in [4.78, 5) is 23.5. The van der Waals surface area contributed by atoms with E-state index in [2.05, 4.69) is 4.18 Å². The van der Waals surface area contributed by atoms with Crippen LogP contribution in [0.4, 0.5) is 13.2 Å². The SMILES string of the molecule is COc1c(C)c2c(c(OS(=O)(=O)C(F)(F)F)c1CC=C1CCCC[C@H]1CC(=O)O)C(=O)OC2. The highest BCUT2D eigenvalue weighted by Gasteiger charge is 2.50. The van der Waals surface area contributed by atoms with Gasteiger partial charge in [0, 0.05) is 11.1 Å². The fourth-order valence-corrected chi connectivity index (χ4v) is 4.81. The standard InChI is InChI=1S/C21H23F3O8S/c1-11-15-10-31-20(27)17(15)19(32-33(28,29)21(22,23)24)14(18(11)30-2)8-7-12-5-3-4-6-13(12)9-16(25)26/h7,13H,3-6,8-10H2,1-2H3,(H,25,26)/t13-/m0/s1. The number of allylic oxidation sites excluding steroid dienone is 2. The molecule has 0 aromatic heterocycles. The zero-order valence-electron chi connectivity index (χ0n) is 18.0. The highest BCUT2D eigenvalue weighted by molar-refractivity contribution is 7.88. The van der Waals surface area contributed by atoms with E-state index >= 15 is 0 Å². The number of rotatable bonds is 7. The highest BCUT2D eigenvalue weighted by Crippen LogP contribution is 2.45. The Morgan fingerprint density at radius 1 is 1.27 bits per heavy atom. The van der Waals surface area contributed by atoms with Crippen molar-refractivity contribution in [3.05, 3.63) is 33.9 Å². The monoisotopic (exact) mass is 492 g/mol. The molecule has 1 fully saturated rings. The number of carboxylic acids is 1. The topological polar surface area (TPSA) is 116 Å². The van der Waals surface area contributed by atoms with Crippen LogP contribution in [0.3, 0.4) is 0 Å². The Balaban J connectivity index is 2.15. The molecule has 0 unspecified atom stereocenters. The third-order valence-corrected chi connectivity index (χ3v) is 6.84. The lowest BCUT2D eigenvalue weighted by molar-refractivity contribution is -0.137. The highest BCUT2D eigenvalue weighted by atomic mass is 32.2. The number of cyclic esters (lactones) is 1.